The van der Waals surface area contributed by atoms with E-state index in [1.807, 2.05) is 0 Å². The van der Waals surface area contributed by atoms with Crippen LogP contribution in [-0.2, 0) is 4.43 Å². The molecule has 0 saturated heterocycles. The summed E-state index contributed by atoms with van der Waals surface area (Å²) in [7, 11) is -1.40. The van der Waals surface area contributed by atoms with Crippen LogP contribution in [0.5, 0.6) is 0 Å². The zero-order valence-corrected chi connectivity index (χ0v) is 10.9. The second-order valence-corrected chi connectivity index (χ2v) is 9.22. The molecule has 1 saturated carbocycles. The third-order valence-corrected chi connectivity index (χ3v) is 8.51. The van der Waals surface area contributed by atoms with Gasteiger partial charge in [-0.05, 0) is 37.4 Å². The molecule has 2 nitrogen and oxygen atoms in total. The highest BCUT2D eigenvalue weighted by atomic mass is 28.4. The molecule has 0 spiro atoms. The third-order valence-electron chi connectivity index (χ3n) is 3.84. The lowest BCUT2D eigenvalue weighted by atomic mass is 10.2. The van der Waals surface area contributed by atoms with Crippen molar-refractivity contribution in [2.45, 2.75) is 70.3 Å². The Hall–Kier alpha value is 0.137. The van der Waals surface area contributed by atoms with Crippen LogP contribution >= 0.6 is 0 Å². The second kappa shape index (κ2) is 5.28. The molecular formula is C11H25NOSi. The molecule has 0 bridgehead atoms. The van der Waals surface area contributed by atoms with Gasteiger partial charge in [-0.1, -0.05) is 20.8 Å². The molecular weight excluding hydrogens is 190 g/mol. The summed E-state index contributed by atoms with van der Waals surface area (Å²) < 4.78 is 6.37. The number of rotatable bonds is 5. The molecule has 0 aromatic carbocycles. The van der Waals surface area contributed by atoms with Gasteiger partial charge >= 0.3 is 0 Å². The van der Waals surface area contributed by atoms with Gasteiger partial charge in [0, 0.05) is 6.04 Å². The average Bonchev–Trinajstić information content (AvgIpc) is 2.61. The van der Waals surface area contributed by atoms with Crippen LogP contribution in [0.25, 0.3) is 0 Å². The predicted molar refractivity (Wildman–Crippen MR) is 63.9 cm³/mol. The lowest BCUT2D eigenvalue weighted by molar-refractivity contribution is 0.177. The Morgan fingerprint density at radius 2 is 1.71 bits per heavy atom. The zero-order chi connectivity index (χ0) is 10.6. The SMILES string of the molecule is CC[Si](CC)(CC)OC1CCCC1N. The van der Waals surface area contributed by atoms with Crippen molar-refractivity contribution in [1.82, 2.24) is 0 Å². The maximum Gasteiger partial charge on any atom is 0.192 e. The van der Waals surface area contributed by atoms with Gasteiger partial charge in [-0.2, -0.15) is 0 Å². The summed E-state index contributed by atoms with van der Waals surface area (Å²) in [5.74, 6) is 0. The van der Waals surface area contributed by atoms with Gasteiger partial charge in [-0.15, -0.1) is 0 Å². The van der Waals surface area contributed by atoms with E-state index in [4.69, 9.17) is 10.2 Å². The largest absolute Gasteiger partial charge is 0.412 e. The van der Waals surface area contributed by atoms with Gasteiger partial charge in [0.1, 0.15) is 0 Å². The molecule has 0 amide bonds. The molecule has 1 fully saturated rings. The first kappa shape index (κ1) is 12.2. The van der Waals surface area contributed by atoms with E-state index in [-0.39, 0.29) is 0 Å². The molecule has 2 unspecified atom stereocenters. The highest BCUT2D eigenvalue weighted by Crippen LogP contribution is 2.29. The Kier molecular flexibility index (Phi) is 4.61. The normalized spacial score (nSPS) is 28.3. The Bertz CT molecular complexity index is 162. The van der Waals surface area contributed by atoms with Gasteiger partial charge in [0.25, 0.3) is 0 Å². The first-order valence-electron chi connectivity index (χ1n) is 6.10. The van der Waals surface area contributed by atoms with Crippen LogP contribution in [-0.4, -0.2) is 20.5 Å². The van der Waals surface area contributed by atoms with Gasteiger partial charge in [0.15, 0.2) is 8.32 Å². The molecule has 3 heteroatoms. The maximum atomic E-state index is 6.37. The van der Waals surface area contributed by atoms with Gasteiger partial charge in [0.2, 0.25) is 0 Å². The fraction of sp³-hybridized carbons (Fsp3) is 1.00. The van der Waals surface area contributed by atoms with Crippen molar-refractivity contribution in [3.63, 3.8) is 0 Å². The summed E-state index contributed by atoms with van der Waals surface area (Å²) in [6, 6.07) is 4.03. The summed E-state index contributed by atoms with van der Waals surface area (Å²) in [5.41, 5.74) is 6.05. The van der Waals surface area contributed by atoms with E-state index in [1.165, 1.54) is 31.0 Å². The molecule has 84 valence electrons. The maximum absolute atomic E-state index is 6.37. The van der Waals surface area contributed by atoms with Gasteiger partial charge in [0.05, 0.1) is 6.10 Å². The minimum atomic E-state index is -1.40. The van der Waals surface area contributed by atoms with E-state index in [9.17, 15) is 0 Å². The molecule has 2 N–H and O–H groups in total. The number of nitrogens with two attached hydrogens (primary N) is 1. The Balaban J connectivity index is 2.54. The number of hydrogen-bond acceptors (Lipinski definition) is 2. The Labute approximate surface area is 89.3 Å². The first-order valence-corrected chi connectivity index (χ1v) is 8.63. The Morgan fingerprint density at radius 3 is 2.07 bits per heavy atom. The summed E-state index contributed by atoms with van der Waals surface area (Å²) in [4.78, 5) is 0. The van der Waals surface area contributed by atoms with Gasteiger partial charge < -0.3 is 10.2 Å². The van der Waals surface area contributed by atoms with Crippen LogP contribution in [0.15, 0.2) is 0 Å². The van der Waals surface area contributed by atoms with Crippen LogP contribution in [0.3, 0.4) is 0 Å². The van der Waals surface area contributed by atoms with Gasteiger partial charge in [-0.25, -0.2) is 0 Å². The summed E-state index contributed by atoms with van der Waals surface area (Å²) in [5, 5.41) is 0. The topological polar surface area (TPSA) is 35.2 Å². The van der Waals surface area contributed by atoms with E-state index in [2.05, 4.69) is 20.8 Å². The molecule has 1 aliphatic carbocycles. The van der Waals surface area contributed by atoms with Crippen LogP contribution < -0.4 is 5.73 Å². The predicted octanol–water partition coefficient (Wildman–Crippen LogP) is 2.89. The lowest BCUT2D eigenvalue weighted by Crippen LogP contribution is -2.44. The smallest absolute Gasteiger partial charge is 0.192 e. The van der Waals surface area contributed by atoms with Crippen molar-refractivity contribution in [3.8, 4) is 0 Å². The van der Waals surface area contributed by atoms with E-state index >= 15 is 0 Å². The van der Waals surface area contributed by atoms with E-state index in [0.717, 1.165) is 6.42 Å². The van der Waals surface area contributed by atoms with Crippen LogP contribution in [0.1, 0.15) is 40.0 Å². The van der Waals surface area contributed by atoms with E-state index in [0.29, 0.717) is 12.1 Å². The minimum absolute atomic E-state index is 0.312. The fourth-order valence-electron chi connectivity index (χ4n) is 2.42. The minimum Gasteiger partial charge on any atom is -0.412 e. The standard InChI is InChI=1S/C11H25NOSi/c1-4-14(5-2,6-3)13-11-9-7-8-10(11)12/h10-11H,4-9,12H2,1-3H3. The quantitative estimate of drug-likeness (QED) is 0.716. The van der Waals surface area contributed by atoms with Crippen LogP contribution in [0.4, 0.5) is 0 Å². The molecule has 2 atom stereocenters. The van der Waals surface area contributed by atoms with Crippen molar-refractivity contribution in [2.75, 3.05) is 0 Å². The van der Waals surface area contributed by atoms with Crippen LogP contribution in [0, 0.1) is 0 Å². The van der Waals surface area contributed by atoms with Crippen molar-refractivity contribution < 1.29 is 4.43 Å². The summed E-state index contributed by atoms with van der Waals surface area (Å²) >= 11 is 0. The highest BCUT2D eigenvalue weighted by Gasteiger charge is 2.35. The number of hydrogen-bond donors (Lipinski definition) is 1. The molecule has 1 rings (SSSR count). The molecule has 0 aliphatic heterocycles. The first-order chi connectivity index (χ1) is 6.67. The van der Waals surface area contributed by atoms with Crippen LogP contribution in [0.2, 0.25) is 18.1 Å². The zero-order valence-electron chi connectivity index (χ0n) is 9.88. The molecule has 0 aromatic heterocycles. The summed E-state index contributed by atoms with van der Waals surface area (Å²) in [6.45, 7) is 6.83. The molecule has 14 heavy (non-hydrogen) atoms. The summed E-state index contributed by atoms with van der Waals surface area (Å²) in [6.07, 6.45) is 3.98. The van der Waals surface area contributed by atoms with Crippen molar-refractivity contribution in [1.29, 1.82) is 0 Å². The highest BCUT2D eigenvalue weighted by molar-refractivity contribution is 6.73. The van der Waals surface area contributed by atoms with Crippen molar-refractivity contribution >= 4 is 8.32 Å². The monoisotopic (exact) mass is 215 g/mol. The average molecular weight is 215 g/mol. The third kappa shape index (κ3) is 2.58. The molecule has 1 aliphatic rings. The van der Waals surface area contributed by atoms with Crippen molar-refractivity contribution in [2.24, 2.45) is 5.73 Å². The molecule has 0 aromatic rings. The molecule has 0 heterocycles. The fourth-order valence-corrected chi connectivity index (χ4v) is 5.36. The Morgan fingerprint density at radius 1 is 1.14 bits per heavy atom. The van der Waals surface area contributed by atoms with Crippen molar-refractivity contribution in [3.05, 3.63) is 0 Å². The second-order valence-electron chi connectivity index (χ2n) is 4.49. The lowest BCUT2D eigenvalue weighted by Gasteiger charge is -2.33. The van der Waals surface area contributed by atoms with E-state index < -0.39 is 8.32 Å². The van der Waals surface area contributed by atoms with Gasteiger partial charge in [-0.3, -0.25) is 0 Å². The molecule has 0 radical (unpaired) electrons. The van der Waals surface area contributed by atoms with E-state index in [1.54, 1.807) is 0 Å².